The van der Waals surface area contributed by atoms with E-state index in [-0.39, 0.29) is 18.2 Å². The van der Waals surface area contributed by atoms with Crippen LogP contribution in [0.5, 0.6) is 0 Å². The van der Waals surface area contributed by atoms with Gasteiger partial charge in [0.05, 0.1) is 12.8 Å². The highest BCUT2D eigenvalue weighted by Crippen LogP contribution is 2.15. The molecule has 0 spiro atoms. The maximum Gasteiger partial charge on any atom is 0.287 e. The highest BCUT2D eigenvalue weighted by Gasteiger charge is 2.10. The number of aromatic amines is 1. The molecule has 3 N–H and O–H groups in total. The third kappa shape index (κ3) is 3.61. The number of hydrogen-bond acceptors (Lipinski definition) is 4. The van der Waals surface area contributed by atoms with E-state index in [4.69, 9.17) is 16.6 Å². The molecule has 0 bridgehead atoms. The molecule has 0 unspecified atom stereocenters. The Bertz CT molecular complexity index is 911. The standard InChI is InChI=1S/C16H14N4O3S/c21-14(10-18-15(22)13-5-2-8-23-13)19-11-3-1-4-12(9-11)20-7-6-17-16(20)24/h1-9H,10H2,(H,17,24)(H,18,22)(H,19,21). The third-order valence-corrected chi connectivity index (χ3v) is 3.53. The monoisotopic (exact) mass is 342 g/mol. The van der Waals surface area contributed by atoms with E-state index in [0.29, 0.717) is 10.5 Å². The molecule has 0 radical (unpaired) electrons. The van der Waals surface area contributed by atoms with Crippen molar-refractivity contribution < 1.29 is 14.0 Å². The number of H-pyrrole nitrogens is 1. The minimum absolute atomic E-state index is 0.159. The second-order valence-corrected chi connectivity index (χ2v) is 5.28. The molecule has 24 heavy (non-hydrogen) atoms. The predicted octanol–water partition coefficient (Wildman–Crippen LogP) is 2.50. The Labute approximate surface area is 142 Å². The summed E-state index contributed by atoms with van der Waals surface area (Å²) >= 11 is 5.17. The van der Waals surface area contributed by atoms with Gasteiger partial charge in [-0.2, -0.15) is 0 Å². The van der Waals surface area contributed by atoms with Crippen LogP contribution in [0.25, 0.3) is 5.69 Å². The van der Waals surface area contributed by atoms with E-state index in [0.717, 1.165) is 5.69 Å². The molecule has 2 aromatic heterocycles. The molecule has 2 heterocycles. The maximum atomic E-state index is 12.0. The van der Waals surface area contributed by atoms with Crippen LogP contribution in [0.2, 0.25) is 0 Å². The van der Waals surface area contributed by atoms with Crippen molar-refractivity contribution in [3.8, 4) is 5.69 Å². The second-order valence-electron chi connectivity index (χ2n) is 4.89. The van der Waals surface area contributed by atoms with Crippen LogP contribution in [-0.2, 0) is 4.79 Å². The molecule has 0 aliphatic carbocycles. The summed E-state index contributed by atoms with van der Waals surface area (Å²) in [6.07, 6.45) is 4.93. The lowest BCUT2D eigenvalue weighted by molar-refractivity contribution is -0.115. The quantitative estimate of drug-likeness (QED) is 0.621. The van der Waals surface area contributed by atoms with E-state index < -0.39 is 5.91 Å². The molecular weight excluding hydrogens is 328 g/mol. The van der Waals surface area contributed by atoms with Gasteiger partial charge in [-0.05, 0) is 42.5 Å². The summed E-state index contributed by atoms with van der Waals surface area (Å²) in [5.41, 5.74) is 1.42. The average molecular weight is 342 g/mol. The third-order valence-electron chi connectivity index (χ3n) is 3.21. The van der Waals surface area contributed by atoms with Gasteiger partial charge in [0.2, 0.25) is 5.91 Å². The minimum atomic E-state index is -0.442. The van der Waals surface area contributed by atoms with Crippen molar-refractivity contribution in [1.29, 1.82) is 0 Å². The van der Waals surface area contributed by atoms with Gasteiger partial charge in [0.25, 0.3) is 5.91 Å². The summed E-state index contributed by atoms with van der Waals surface area (Å²) in [6.45, 7) is -0.159. The molecule has 122 valence electrons. The number of amides is 2. The van der Waals surface area contributed by atoms with Crippen LogP contribution in [0.15, 0.2) is 59.5 Å². The van der Waals surface area contributed by atoms with Gasteiger partial charge in [-0.25, -0.2) is 0 Å². The lowest BCUT2D eigenvalue weighted by atomic mass is 10.2. The molecule has 8 heteroatoms. The Hall–Kier alpha value is -3.13. The van der Waals surface area contributed by atoms with E-state index in [1.807, 2.05) is 6.07 Å². The molecule has 0 fully saturated rings. The molecule has 1 aromatic carbocycles. The van der Waals surface area contributed by atoms with Gasteiger partial charge >= 0.3 is 0 Å². The molecule has 0 aliphatic heterocycles. The number of nitrogens with one attached hydrogen (secondary N) is 3. The molecule has 3 aromatic rings. The van der Waals surface area contributed by atoms with Crippen molar-refractivity contribution in [3.63, 3.8) is 0 Å². The van der Waals surface area contributed by atoms with Gasteiger partial charge in [0.15, 0.2) is 10.5 Å². The van der Waals surface area contributed by atoms with Crippen LogP contribution in [0, 0.1) is 4.77 Å². The number of hydrogen-bond donors (Lipinski definition) is 3. The van der Waals surface area contributed by atoms with Crippen LogP contribution in [0.4, 0.5) is 5.69 Å². The molecule has 7 nitrogen and oxygen atoms in total. The van der Waals surface area contributed by atoms with Gasteiger partial charge in [-0.1, -0.05) is 6.07 Å². The summed E-state index contributed by atoms with van der Waals surface area (Å²) < 4.78 is 7.30. The summed E-state index contributed by atoms with van der Waals surface area (Å²) in [4.78, 5) is 26.6. The first-order chi connectivity index (χ1) is 11.6. The SMILES string of the molecule is O=C(CNC(=O)c1ccco1)Nc1cccc(-n2cc[nH]c2=S)c1. The van der Waals surface area contributed by atoms with Crippen LogP contribution >= 0.6 is 12.2 Å². The van der Waals surface area contributed by atoms with Crippen LogP contribution < -0.4 is 10.6 Å². The number of aromatic nitrogens is 2. The zero-order chi connectivity index (χ0) is 16.9. The lowest BCUT2D eigenvalue weighted by Gasteiger charge is -2.08. The van der Waals surface area contributed by atoms with Crippen molar-refractivity contribution in [2.75, 3.05) is 11.9 Å². The van der Waals surface area contributed by atoms with Crippen molar-refractivity contribution in [2.24, 2.45) is 0 Å². The van der Waals surface area contributed by atoms with Crippen molar-refractivity contribution >= 4 is 29.7 Å². The normalized spacial score (nSPS) is 10.3. The summed E-state index contributed by atoms with van der Waals surface area (Å²) in [5.74, 6) is -0.626. The summed E-state index contributed by atoms with van der Waals surface area (Å²) in [5, 5.41) is 5.21. The summed E-state index contributed by atoms with van der Waals surface area (Å²) in [6, 6.07) is 10.4. The van der Waals surface area contributed by atoms with Crippen LogP contribution in [0.3, 0.4) is 0 Å². The number of carbonyl (C=O) groups excluding carboxylic acids is 2. The Morgan fingerprint density at radius 3 is 2.83 bits per heavy atom. The zero-order valence-electron chi connectivity index (χ0n) is 12.5. The van der Waals surface area contributed by atoms with Crippen LogP contribution in [0.1, 0.15) is 10.6 Å². The molecule has 0 saturated heterocycles. The first-order valence-corrected chi connectivity index (χ1v) is 7.52. The highest BCUT2D eigenvalue weighted by atomic mass is 32.1. The average Bonchev–Trinajstić information content (AvgIpc) is 3.24. The number of furan rings is 1. The number of anilines is 1. The van der Waals surface area contributed by atoms with Gasteiger partial charge in [-0.15, -0.1) is 0 Å². The largest absolute Gasteiger partial charge is 0.459 e. The number of nitrogens with zero attached hydrogens (tertiary/aromatic N) is 1. The molecule has 0 aliphatic rings. The fourth-order valence-corrected chi connectivity index (χ4v) is 2.35. The number of benzene rings is 1. The maximum absolute atomic E-state index is 12.0. The molecular formula is C16H14N4O3S. The van der Waals surface area contributed by atoms with E-state index in [1.54, 1.807) is 41.2 Å². The fraction of sp³-hybridized carbons (Fsp3) is 0.0625. The number of imidazole rings is 1. The van der Waals surface area contributed by atoms with Crippen molar-refractivity contribution in [3.05, 3.63) is 65.6 Å². The van der Waals surface area contributed by atoms with Gasteiger partial charge in [0, 0.05) is 23.8 Å². The smallest absolute Gasteiger partial charge is 0.287 e. The fourth-order valence-electron chi connectivity index (χ4n) is 2.12. The lowest BCUT2D eigenvalue weighted by Crippen LogP contribution is -2.32. The Kier molecular flexibility index (Phi) is 4.57. The summed E-state index contributed by atoms with van der Waals surface area (Å²) in [7, 11) is 0. The molecule has 3 rings (SSSR count). The Balaban J connectivity index is 1.62. The second kappa shape index (κ2) is 6.97. The van der Waals surface area contributed by atoms with Gasteiger partial charge < -0.3 is 20.0 Å². The Morgan fingerprint density at radius 2 is 2.12 bits per heavy atom. The predicted molar refractivity (Wildman–Crippen MR) is 90.6 cm³/mol. The minimum Gasteiger partial charge on any atom is -0.459 e. The molecule has 0 atom stereocenters. The number of carbonyl (C=O) groups is 2. The highest BCUT2D eigenvalue weighted by molar-refractivity contribution is 7.71. The number of rotatable bonds is 5. The first kappa shape index (κ1) is 15.8. The topological polar surface area (TPSA) is 92.1 Å². The van der Waals surface area contributed by atoms with Gasteiger partial charge in [-0.3, -0.25) is 14.2 Å². The van der Waals surface area contributed by atoms with Crippen molar-refractivity contribution in [1.82, 2.24) is 14.9 Å². The van der Waals surface area contributed by atoms with Gasteiger partial charge in [0.1, 0.15) is 0 Å². The van der Waals surface area contributed by atoms with E-state index in [9.17, 15) is 9.59 Å². The van der Waals surface area contributed by atoms with E-state index in [2.05, 4.69) is 15.6 Å². The zero-order valence-corrected chi connectivity index (χ0v) is 13.3. The molecule has 0 saturated carbocycles. The molecule has 2 amide bonds. The Morgan fingerprint density at radius 1 is 1.25 bits per heavy atom. The van der Waals surface area contributed by atoms with E-state index >= 15 is 0 Å². The van der Waals surface area contributed by atoms with Crippen molar-refractivity contribution in [2.45, 2.75) is 0 Å². The first-order valence-electron chi connectivity index (χ1n) is 7.11. The van der Waals surface area contributed by atoms with Crippen LogP contribution in [-0.4, -0.2) is 27.9 Å². The van der Waals surface area contributed by atoms with E-state index in [1.165, 1.54) is 12.3 Å².